The molecule has 1 saturated heterocycles. The van der Waals surface area contributed by atoms with Crippen LogP contribution in [-0.2, 0) is 17.9 Å². The standard InChI is InChI=1S/C26H18BrFN2O2S/c27-20-8-11-23-22(13-20)19(16-29(23)14-17-4-2-1-3-5-17)12-24-25(31)30(26(32)33-24)15-18-6-9-21(28)10-7-18/h1-13,16H,14-15H2/b24-12-. The van der Waals surface area contributed by atoms with E-state index < -0.39 is 0 Å². The van der Waals surface area contributed by atoms with Crippen molar-refractivity contribution in [1.82, 2.24) is 9.47 Å². The molecule has 0 bridgehead atoms. The molecule has 4 aromatic rings. The van der Waals surface area contributed by atoms with Crippen LogP contribution in [0.2, 0.25) is 0 Å². The topological polar surface area (TPSA) is 42.3 Å². The van der Waals surface area contributed by atoms with E-state index >= 15 is 0 Å². The van der Waals surface area contributed by atoms with Crippen molar-refractivity contribution >= 4 is 55.8 Å². The molecule has 0 atom stereocenters. The van der Waals surface area contributed by atoms with Crippen molar-refractivity contribution in [3.8, 4) is 0 Å². The Morgan fingerprint density at radius 1 is 0.909 bits per heavy atom. The van der Waals surface area contributed by atoms with Crippen molar-refractivity contribution in [3.63, 3.8) is 0 Å². The van der Waals surface area contributed by atoms with Crippen molar-refractivity contribution < 1.29 is 14.0 Å². The Morgan fingerprint density at radius 3 is 2.39 bits per heavy atom. The van der Waals surface area contributed by atoms with Crippen LogP contribution in [0.25, 0.3) is 17.0 Å². The van der Waals surface area contributed by atoms with Gasteiger partial charge in [-0.1, -0.05) is 58.4 Å². The first kappa shape index (κ1) is 21.7. The first-order valence-electron chi connectivity index (χ1n) is 10.3. The minimum atomic E-state index is -0.356. The van der Waals surface area contributed by atoms with Gasteiger partial charge in [0.15, 0.2) is 0 Å². The number of imide groups is 1. The van der Waals surface area contributed by atoms with Crippen molar-refractivity contribution in [2.45, 2.75) is 13.1 Å². The van der Waals surface area contributed by atoms with Gasteiger partial charge >= 0.3 is 0 Å². The van der Waals surface area contributed by atoms with Crippen molar-refractivity contribution in [1.29, 1.82) is 0 Å². The summed E-state index contributed by atoms with van der Waals surface area (Å²) in [7, 11) is 0. The van der Waals surface area contributed by atoms with E-state index in [2.05, 4.69) is 32.6 Å². The van der Waals surface area contributed by atoms with E-state index in [1.54, 1.807) is 18.2 Å². The molecular weight excluding hydrogens is 503 g/mol. The second-order valence-corrected chi connectivity index (χ2v) is 9.66. The number of carbonyl (C=O) groups is 2. The van der Waals surface area contributed by atoms with Gasteiger partial charge in [-0.05, 0) is 59.3 Å². The summed E-state index contributed by atoms with van der Waals surface area (Å²) in [6.07, 6.45) is 3.80. The van der Waals surface area contributed by atoms with Crippen LogP contribution in [0.3, 0.4) is 0 Å². The molecule has 4 nitrogen and oxygen atoms in total. The summed E-state index contributed by atoms with van der Waals surface area (Å²) < 4.78 is 16.3. The van der Waals surface area contributed by atoms with Crippen LogP contribution in [0.4, 0.5) is 9.18 Å². The van der Waals surface area contributed by atoms with Crippen LogP contribution in [0.15, 0.2) is 88.4 Å². The number of rotatable bonds is 5. The molecule has 1 fully saturated rings. The smallest absolute Gasteiger partial charge is 0.293 e. The molecule has 0 radical (unpaired) electrons. The normalized spacial score (nSPS) is 15.2. The third-order valence-electron chi connectivity index (χ3n) is 5.48. The van der Waals surface area contributed by atoms with Crippen LogP contribution in [-0.4, -0.2) is 20.6 Å². The number of hydrogen-bond acceptors (Lipinski definition) is 3. The maximum absolute atomic E-state index is 13.2. The average molecular weight is 521 g/mol. The van der Waals surface area contributed by atoms with E-state index in [0.717, 1.165) is 32.7 Å². The molecule has 0 spiro atoms. The Balaban J connectivity index is 1.48. The molecule has 33 heavy (non-hydrogen) atoms. The molecule has 2 heterocycles. The highest BCUT2D eigenvalue weighted by Gasteiger charge is 2.35. The Labute approximate surface area is 202 Å². The Morgan fingerprint density at radius 2 is 1.64 bits per heavy atom. The number of thioether (sulfide) groups is 1. The highest BCUT2D eigenvalue weighted by molar-refractivity contribution is 9.10. The second-order valence-electron chi connectivity index (χ2n) is 7.75. The number of nitrogens with zero attached hydrogens (tertiary/aromatic N) is 2. The Hall–Kier alpha value is -3.16. The van der Waals surface area contributed by atoms with Gasteiger partial charge in [0.2, 0.25) is 0 Å². The third-order valence-corrected chi connectivity index (χ3v) is 6.88. The largest absolute Gasteiger partial charge is 0.342 e. The summed E-state index contributed by atoms with van der Waals surface area (Å²) in [5.41, 5.74) is 3.78. The monoisotopic (exact) mass is 520 g/mol. The Kier molecular flexibility index (Phi) is 5.91. The molecule has 5 rings (SSSR count). The van der Waals surface area contributed by atoms with Crippen molar-refractivity contribution in [2.24, 2.45) is 0 Å². The fourth-order valence-corrected chi connectivity index (χ4v) is 5.06. The summed E-state index contributed by atoms with van der Waals surface area (Å²) >= 11 is 4.47. The SMILES string of the molecule is O=C1S/C(=C\c2cn(Cc3ccccc3)c3ccc(Br)cc23)C(=O)N1Cc1ccc(F)cc1. The lowest BCUT2D eigenvalue weighted by molar-refractivity contribution is -0.123. The van der Waals surface area contributed by atoms with E-state index in [9.17, 15) is 14.0 Å². The molecule has 164 valence electrons. The van der Waals surface area contributed by atoms with Crippen LogP contribution in [0.1, 0.15) is 16.7 Å². The number of fused-ring (bicyclic) bond motifs is 1. The zero-order valence-corrected chi connectivity index (χ0v) is 19.8. The lowest BCUT2D eigenvalue weighted by Crippen LogP contribution is -2.27. The van der Waals surface area contributed by atoms with Crippen LogP contribution in [0.5, 0.6) is 0 Å². The molecule has 1 aliphatic heterocycles. The molecule has 0 unspecified atom stereocenters. The zero-order chi connectivity index (χ0) is 22.9. The lowest BCUT2D eigenvalue weighted by Gasteiger charge is -2.12. The van der Waals surface area contributed by atoms with Gasteiger partial charge in [0.05, 0.1) is 11.4 Å². The first-order chi connectivity index (χ1) is 16.0. The van der Waals surface area contributed by atoms with E-state index in [0.29, 0.717) is 17.0 Å². The molecule has 0 aliphatic carbocycles. The lowest BCUT2D eigenvalue weighted by atomic mass is 10.1. The average Bonchev–Trinajstić information content (AvgIpc) is 3.27. The van der Waals surface area contributed by atoms with Gasteiger partial charge in [0.25, 0.3) is 11.1 Å². The van der Waals surface area contributed by atoms with Crippen LogP contribution in [0, 0.1) is 5.82 Å². The van der Waals surface area contributed by atoms with Gasteiger partial charge in [-0.3, -0.25) is 14.5 Å². The summed E-state index contributed by atoms with van der Waals surface area (Å²) in [5.74, 6) is -0.695. The fraction of sp³-hybridized carbons (Fsp3) is 0.0769. The quantitative estimate of drug-likeness (QED) is 0.271. The molecular formula is C26H18BrFN2O2S. The minimum absolute atomic E-state index is 0.115. The zero-order valence-electron chi connectivity index (χ0n) is 17.4. The van der Waals surface area contributed by atoms with E-state index in [1.165, 1.54) is 22.6 Å². The summed E-state index contributed by atoms with van der Waals surface area (Å²) in [5, 5.41) is 0.662. The van der Waals surface area contributed by atoms with Gasteiger partial charge in [-0.2, -0.15) is 0 Å². The molecule has 0 saturated carbocycles. The summed E-state index contributed by atoms with van der Waals surface area (Å²) in [4.78, 5) is 27.2. The number of amides is 2. The first-order valence-corrected chi connectivity index (χ1v) is 11.9. The molecule has 0 N–H and O–H groups in total. The van der Waals surface area contributed by atoms with E-state index in [-0.39, 0.29) is 23.5 Å². The van der Waals surface area contributed by atoms with Gasteiger partial charge in [0.1, 0.15) is 5.82 Å². The maximum Gasteiger partial charge on any atom is 0.293 e. The predicted molar refractivity (Wildman–Crippen MR) is 133 cm³/mol. The number of hydrogen-bond donors (Lipinski definition) is 0. The highest BCUT2D eigenvalue weighted by atomic mass is 79.9. The van der Waals surface area contributed by atoms with Crippen LogP contribution < -0.4 is 0 Å². The third kappa shape index (κ3) is 4.51. The highest BCUT2D eigenvalue weighted by Crippen LogP contribution is 2.35. The number of benzene rings is 3. The fourth-order valence-electron chi connectivity index (χ4n) is 3.87. The summed E-state index contributed by atoms with van der Waals surface area (Å²) in [6.45, 7) is 0.808. The van der Waals surface area contributed by atoms with Crippen molar-refractivity contribution in [3.05, 3.63) is 111 Å². The van der Waals surface area contributed by atoms with Gasteiger partial charge < -0.3 is 4.57 Å². The van der Waals surface area contributed by atoms with Crippen molar-refractivity contribution in [2.75, 3.05) is 0 Å². The molecule has 7 heteroatoms. The van der Waals surface area contributed by atoms with E-state index in [1.807, 2.05) is 42.6 Å². The molecule has 3 aromatic carbocycles. The minimum Gasteiger partial charge on any atom is -0.342 e. The molecule has 1 aliphatic rings. The number of aromatic nitrogens is 1. The molecule has 2 amide bonds. The van der Waals surface area contributed by atoms with Crippen LogP contribution >= 0.6 is 27.7 Å². The predicted octanol–water partition coefficient (Wildman–Crippen LogP) is 6.83. The van der Waals surface area contributed by atoms with E-state index in [4.69, 9.17) is 0 Å². The van der Waals surface area contributed by atoms with Gasteiger partial charge in [-0.15, -0.1) is 0 Å². The van der Waals surface area contributed by atoms with Gasteiger partial charge in [0, 0.05) is 33.7 Å². The number of carbonyl (C=O) groups excluding carboxylic acids is 2. The number of halogens is 2. The Bertz CT molecular complexity index is 1400. The van der Waals surface area contributed by atoms with Gasteiger partial charge in [-0.25, -0.2) is 4.39 Å². The maximum atomic E-state index is 13.2. The summed E-state index contributed by atoms with van der Waals surface area (Å²) in [6, 6.07) is 22.0. The second kappa shape index (κ2) is 9.00. The molecule has 1 aromatic heterocycles.